The second-order valence-electron chi connectivity index (χ2n) is 6.51. The molecule has 0 aliphatic carbocycles. The van der Waals surface area contributed by atoms with Crippen LogP contribution in [0.3, 0.4) is 0 Å². The number of nitrogens with zero attached hydrogens (tertiary/aromatic N) is 1. The minimum Gasteiger partial charge on any atom is -0.495 e. The number of rotatable bonds is 7. The molecule has 1 aliphatic rings. The van der Waals surface area contributed by atoms with Gasteiger partial charge in [-0.15, -0.1) is 0 Å². The van der Waals surface area contributed by atoms with Gasteiger partial charge in [-0.25, -0.2) is 0 Å². The molecular formula is C18H28N2O2. The Kier molecular flexibility index (Phi) is 6.10. The summed E-state index contributed by atoms with van der Waals surface area (Å²) < 4.78 is 5.43. The molecule has 4 heteroatoms. The summed E-state index contributed by atoms with van der Waals surface area (Å²) in [7, 11) is 1.71. The molecule has 4 nitrogen and oxygen atoms in total. The summed E-state index contributed by atoms with van der Waals surface area (Å²) in [6.07, 6.45) is 2.72. The average molecular weight is 304 g/mol. The van der Waals surface area contributed by atoms with Gasteiger partial charge in [-0.2, -0.15) is 0 Å². The molecule has 122 valence electrons. The van der Waals surface area contributed by atoms with Crippen LogP contribution in [-0.2, 0) is 4.79 Å². The topological polar surface area (TPSA) is 41.6 Å². The lowest BCUT2D eigenvalue weighted by molar-refractivity contribution is -0.121. The quantitative estimate of drug-likeness (QED) is 0.841. The van der Waals surface area contributed by atoms with Gasteiger partial charge in [-0.05, 0) is 36.8 Å². The largest absolute Gasteiger partial charge is 0.495 e. The number of nitrogens with one attached hydrogen (secondary N) is 1. The Morgan fingerprint density at radius 1 is 1.41 bits per heavy atom. The molecular weight excluding hydrogens is 276 g/mol. The van der Waals surface area contributed by atoms with Gasteiger partial charge >= 0.3 is 0 Å². The van der Waals surface area contributed by atoms with Crippen LogP contribution in [0.25, 0.3) is 0 Å². The lowest BCUT2D eigenvalue weighted by Crippen LogP contribution is -2.31. The third-order valence-electron chi connectivity index (χ3n) is 4.25. The second-order valence-corrected chi connectivity index (χ2v) is 6.51. The molecule has 2 rings (SSSR count). The van der Waals surface area contributed by atoms with Crippen LogP contribution in [-0.4, -0.2) is 32.7 Å². The van der Waals surface area contributed by atoms with E-state index in [0.29, 0.717) is 18.3 Å². The smallest absolute Gasteiger partial charge is 0.220 e. The van der Waals surface area contributed by atoms with Crippen molar-refractivity contribution in [3.8, 4) is 5.75 Å². The zero-order valence-electron chi connectivity index (χ0n) is 14.0. The van der Waals surface area contributed by atoms with Gasteiger partial charge in [0.25, 0.3) is 0 Å². The molecule has 0 saturated carbocycles. The molecule has 1 heterocycles. The zero-order chi connectivity index (χ0) is 15.9. The molecule has 1 unspecified atom stereocenters. The van der Waals surface area contributed by atoms with E-state index in [1.54, 1.807) is 7.11 Å². The summed E-state index contributed by atoms with van der Waals surface area (Å²) in [4.78, 5) is 14.2. The number of methoxy groups -OCH3 is 1. The fourth-order valence-corrected chi connectivity index (χ4v) is 2.88. The fourth-order valence-electron chi connectivity index (χ4n) is 2.88. The van der Waals surface area contributed by atoms with Crippen molar-refractivity contribution in [2.75, 3.05) is 31.6 Å². The van der Waals surface area contributed by atoms with Crippen LogP contribution in [0, 0.1) is 11.8 Å². The molecule has 1 aliphatic heterocycles. The van der Waals surface area contributed by atoms with E-state index < -0.39 is 0 Å². The summed E-state index contributed by atoms with van der Waals surface area (Å²) in [5.41, 5.74) is 1.15. The monoisotopic (exact) mass is 304 g/mol. The molecule has 1 amide bonds. The van der Waals surface area contributed by atoms with E-state index in [1.807, 2.05) is 18.2 Å². The maximum atomic E-state index is 11.8. The van der Waals surface area contributed by atoms with Crippen molar-refractivity contribution >= 4 is 11.6 Å². The molecule has 1 saturated heterocycles. The Bertz CT molecular complexity index is 488. The van der Waals surface area contributed by atoms with E-state index >= 15 is 0 Å². The number of carbonyl (C=O) groups excluding carboxylic acids is 1. The predicted molar refractivity (Wildman–Crippen MR) is 90.4 cm³/mol. The first-order valence-corrected chi connectivity index (χ1v) is 8.24. The van der Waals surface area contributed by atoms with Crippen molar-refractivity contribution in [3.63, 3.8) is 0 Å². The lowest BCUT2D eigenvalue weighted by atomic mass is 10.1. The standard InChI is InChI=1S/C18H28N2O2/c1-14(2)8-9-18(21)19-12-15-10-11-20(13-15)16-6-4-5-7-17(16)22-3/h4-7,14-15H,8-13H2,1-3H3,(H,19,21). The summed E-state index contributed by atoms with van der Waals surface area (Å²) >= 11 is 0. The van der Waals surface area contributed by atoms with Crippen molar-refractivity contribution in [3.05, 3.63) is 24.3 Å². The number of carbonyl (C=O) groups is 1. The summed E-state index contributed by atoms with van der Waals surface area (Å²) in [5.74, 6) is 2.21. The van der Waals surface area contributed by atoms with Gasteiger partial charge in [-0.1, -0.05) is 26.0 Å². The molecule has 0 spiro atoms. The van der Waals surface area contributed by atoms with Gasteiger partial charge in [0.15, 0.2) is 0 Å². The molecule has 0 aromatic heterocycles. The predicted octanol–water partition coefficient (Wildman–Crippen LogP) is 3.07. The maximum absolute atomic E-state index is 11.8. The third-order valence-corrected chi connectivity index (χ3v) is 4.25. The van der Waals surface area contributed by atoms with Gasteiger partial charge in [0.05, 0.1) is 12.8 Å². The molecule has 0 radical (unpaired) electrons. The zero-order valence-corrected chi connectivity index (χ0v) is 14.0. The van der Waals surface area contributed by atoms with E-state index in [1.165, 1.54) is 0 Å². The fraction of sp³-hybridized carbons (Fsp3) is 0.611. The van der Waals surface area contributed by atoms with E-state index in [9.17, 15) is 4.79 Å². The normalized spacial score (nSPS) is 17.8. The van der Waals surface area contributed by atoms with Crippen LogP contribution in [0.2, 0.25) is 0 Å². The highest BCUT2D eigenvalue weighted by molar-refractivity contribution is 5.75. The Labute approximate surface area is 133 Å². The van der Waals surface area contributed by atoms with Gasteiger partial charge in [-0.3, -0.25) is 4.79 Å². The minimum atomic E-state index is 0.185. The van der Waals surface area contributed by atoms with E-state index in [-0.39, 0.29) is 5.91 Å². The molecule has 22 heavy (non-hydrogen) atoms. The summed E-state index contributed by atoms with van der Waals surface area (Å²) in [6.45, 7) is 7.07. The Balaban J connectivity index is 1.79. The number of anilines is 1. The summed E-state index contributed by atoms with van der Waals surface area (Å²) in [6, 6.07) is 8.13. The first-order valence-electron chi connectivity index (χ1n) is 8.24. The van der Waals surface area contributed by atoms with Crippen LogP contribution < -0.4 is 15.0 Å². The summed E-state index contributed by atoms with van der Waals surface area (Å²) in [5, 5.41) is 3.08. The molecule has 1 fully saturated rings. The average Bonchev–Trinajstić information content (AvgIpc) is 2.99. The highest BCUT2D eigenvalue weighted by Crippen LogP contribution is 2.31. The molecule has 1 aromatic rings. The van der Waals surface area contributed by atoms with Crippen molar-refractivity contribution in [2.24, 2.45) is 11.8 Å². The number of ether oxygens (including phenoxy) is 1. The first kappa shape index (κ1) is 16.7. The Morgan fingerprint density at radius 2 is 2.18 bits per heavy atom. The number of para-hydroxylation sites is 2. The molecule has 1 aromatic carbocycles. The van der Waals surface area contributed by atoms with Crippen LogP contribution in [0.4, 0.5) is 5.69 Å². The number of hydrogen-bond acceptors (Lipinski definition) is 3. The number of hydrogen-bond donors (Lipinski definition) is 1. The molecule has 0 bridgehead atoms. The third kappa shape index (κ3) is 4.65. The van der Waals surface area contributed by atoms with Crippen LogP contribution in [0.15, 0.2) is 24.3 Å². The van der Waals surface area contributed by atoms with Gasteiger partial charge < -0.3 is 15.0 Å². The van der Waals surface area contributed by atoms with Crippen LogP contribution in [0.1, 0.15) is 33.1 Å². The maximum Gasteiger partial charge on any atom is 0.220 e. The Morgan fingerprint density at radius 3 is 2.91 bits per heavy atom. The van der Waals surface area contributed by atoms with Crippen molar-refractivity contribution in [2.45, 2.75) is 33.1 Å². The van der Waals surface area contributed by atoms with Crippen molar-refractivity contribution in [1.82, 2.24) is 5.32 Å². The highest BCUT2D eigenvalue weighted by atomic mass is 16.5. The van der Waals surface area contributed by atoms with Crippen LogP contribution in [0.5, 0.6) is 5.75 Å². The van der Waals surface area contributed by atoms with Crippen LogP contribution >= 0.6 is 0 Å². The van der Waals surface area contributed by atoms with E-state index in [0.717, 1.165) is 43.9 Å². The van der Waals surface area contributed by atoms with Crippen molar-refractivity contribution in [1.29, 1.82) is 0 Å². The number of amides is 1. The first-order chi connectivity index (χ1) is 10.6. The van der Waals surface area contributed by atoms with Crippen molar-refractivity contribution < 1.29 is 9.53 Å². The highest BCUT2D eigenvalue weighted by Gasteiger charge is 2.24. The van der Waals surface area contributed by atoms with Gasteiger partial charge in [0.2, 0.25) is 5.91 Å². The number of benzene rings is 1. The SMILES string of the molecule is COc1ccccc1N1CCC(CNC(=O)CCC(C)C)C1. The van der Waals surface area contributed by atoms with Gasteiger partial charge in [0, 0.05) is 26.1 Å². The van der Waals surface area contributed by atoms with E-state index in [2.05, 4.69) is 30.1 Å². The Hall–Kier alpha value is -1.71. The lowest BCUT2D eigenvalue weighted by Gasteiger charge is -2.21. The van der Waals surface area contributed by atoms with E-state index in [4.69, 9.17) is 4.74 Å². The second kappa shape index (κ2) is 8.06. The van der Waals surface area contributed by atoms with Gasteiger partial charge in [0.1, 0.15) is 5.75 Å². The molecule has 1 N–H and O–H groups in total. The minimum absolute atomic E-state index is 0.185. The molecule has 1 atom stereocenters.